The molecule has 0 aliphatic carbocycles. The van der Waals surface area contributed by atoms with Crippen molar-refractivity contribution < 1.29 is 33.6 Å². The Balaban J connectivity index is 2.71. The van der Waals surface area contributed by atoms with Crippen LogP contribution in [0.5, 0.6) is 0 Å². The third kappa shape index (κ3) is 13.2. The second-order valence-corrected chi connectivity index (χ2v) is 9.71. The summed E-state index contributed by atoms with van der Waals surface area (Å²) in [5.74, 6) is -2.17. The number of ether oxygens (including phenoxy) is 1. The smallest absolute Gasteiger partial charge is 0.407 e. The SMILES string of the molecule is CNC(=O)CC(NC(=O)CNC(=O)[C@H](CCCCNC(=O)OC(C)(C)C)NC(C)=O)c1ccccc1[N+](=O)[O-]. The molecule has 0 aliphatic heterocycles. The molecule has 0 saturated heterocycles. The van der Waals surface area contributed by atoms with Gasteiger partial charge in [0.15, 0.2) is 0 Å². The minimum absolute atomic E-state index is 0.141. The zero-order valence-corrected chi connectivity index (χ0v) is 22.9. The molecule has 2 atom stereocenters. The summed E-state index contributed by atoms with van der Waals surface area (Å²) >= 11 is 0. The maximum atomic E-state index is 12.7. The molecule has 5 N–H and O–H groups in total. The van der Waals surface area contributed by atoms with E-state index in [1.54, 1.807) is 26.8 Å². The van der Waals surface area contributed by atoms with Crippen LogP contribution < -0.4 is 26.6 Å². The molecule has 0 heterocycles. The van der Waals surface area contributed by atoms with Gasteiger partial charge >= 0.3 is 6.09 Å². The van der Waals surface area contributed by atoms with Crippen LogP contribution in [0.1, 0.15) is 65.0 Å². The van der Waals surface area contributed by atoms with E-state index in [1.807, 2.05) is 0 Å². The summed E-state index contributed by atoms with van der Waals surface area (Å²) < 4.78 is 5.15. The summed E-state index contributed by atoms with van der Waals surface area (Å²) in [4.78, 5) is 71.4. The van der Waals surface area contributed by atoms with E-state index in [9.17, 15) is 34.1 Å². The van der Waals surface area contributed by atoms with Gasteiger partial charge in [0.05, 0.1) is 29.5 Å². The van der Waals surface area contributed by atoms with Crippen LogP contribution in [0.25, 0.3) is 0 Å². The number of nitro groups is 1. The van der Waals surface area contributed by atoms with Crippen molar-refractivity contribution >= 4 is 35.4 Å². The van der Waals surface area contributed by atoms with Crippen molar-refractivity contribution in [1.82, 2.24) is 26.6 Å². The van der Waals surface area contributed by atoms with Gasteiger partial charge < -0.3 is 31.3 Å². The molecule has 0 aliphatic rings. The van der Waals surface area contributed by atoms with Crippen molar-refractivity contribution in [2.24, 2.45) is 0 Å². The number of hydrogen-bond donors (Lipinski definition) is 5. The van der Waals surface area contributed by atoms with Crippen molar-refractivity contribution in [2.75, 3.05) is 20.1 Å². The maximum Gasteiger partial charge on any atom is 0.407 e. The van der Waals surface area contributed by atoms with E-state index < -0.39 is 58.9 Å². The molecule has 1 rings (SSSR count). The van der Waals surface area contributed by atoms with Crippen molar-refractivity contribution in [3.63, 3.8) is 0 Å². The lowest BCUT2D eigenvalue weighted by molar-refractivity contribution is -0.385. The number of unbranched alkanes of at least 4 members (excludes halogenated alkanes) is 1. The summed E-state index contributed by atoms with van der Waals surface area (Å²) in [6, 6.07) is 3.79. The number of amides is 5. The van der Waals surface area contributed by atoms with Gasteiger partial charge in [0.25, 0.3) is 5.69 Å². The van der Waals surface area contributed by atoms with Gasteiger partial charge in [-0.15, -0.1) is 0 Å². The van der Waals surface area contributed by atoms with E-state index >= 15 is 0 Å². The lowest BCUT2D eigenvalue weighted by Crippen LogP contribution is -2.49. The van der Waals surface area contributed by atoms with Crippen LogP contribution in [0.15, 0.2) is 24.3 Å². The number of benzene rings is 1. The number of nitrogens with zero attached hydrogens (tertiary/aromatic N) is 1. The average Bonchev–Trinajstić information content (AvgIpc) is 2.84. The Kier molecular flexibility index (Phi) is 13.4. The van der Waals surface area contributed by atoms with Crippen LogP contribution in [0.2, 0.25) is 0 Å². The minimum atomic E-state index is -1.01. The van der Waals surface area contributed by atoms with Gasteiger partial charge in [-0.1, -0.05) is 18.2 Å². The first-order chi connectivity index (χ1) is 18.2. The number of para-hydroxylation sites is 1. The summed E-state index contributed by atoms with van der Waals surface area (Å²) in [7, 11) is 1.40. The molecule has 14 nitrogen and oxygen atoms in total. The van der Waals surface area contributed by atoms with Crippen molar-refractivity contribution in [3.05, 3.63) is 39.9 Å². The van der Waals surface area contributed by atoms with Crippen LogP contribution in [0, 0.1) is 10.1 Å². The van der Waals surface area contributed by atoms with Gasteiger partial charge in [0, 0.05) is 26.6 Å². The van der Waals surface area contributed by atoms with Crippen LogP contribution >= 0.6 is 0 Å². The number of rotatable bonds is 14. The molecule has 0 spiro atoms. The van der Waals surface area contributed by atoms with Crippen LogP contribution in [-0.4, -0.2) is 66.4 Å². The van der Waals surface area contributed by atoms with Crippen LogP contribution in [0.4, 0.5) is 10.5 Å². The zero-order chi connectivity index (χ0) is 29.6. The molecule has 0 saturated carbocycles. The van der Waals surface area contributed by atoms with Crippen molar-refractivity contribution in [1.29, 1.82) is 0 Å². The second-order valence-electron chi connectivity index (χ2n) is 9.71. The number of alkyl carbamates (subject to hydrolysis) is 1. The lowest BCUT2D eigenvalue weighted by atomic mass is 10.0. The predicted octanol–water partition coefficient (Wildman–Crippen LogP) is 1.20. The van der Waals surface area contributed by atoms with E-state index in [0.717, 1.165) is 0 Å². The first-order valence-electron chi connectivity index (χ1n) is 12.5. The summed E-state index contributed by atoms with van der Waals surface area (Å²) in [6.07, 6.45) is 0.429. The fraction of sp³-hybridized carbons (Fsp3) is 0.560. The second kappa shape index (κ2) is 15.9. The molecule has 14 heteroatoms. The number of hydrogen-bond acceptors (Lipinski definition) is 8. The Hall–Kier alpha value is -4.23. The van der Waals surface area contributed by atoms with E-state index in [2.05, 4.69) is 26.6 Å². The van der Waals surface area contributed by atoms with Crippen LogP contribution in [-0.2, 0) is 23.9 Å². The average molecular weight is 551 g/mol. The molecule has 1 unspecified atom stereocenters. The largest absolute Gasteiger partial charge is 0.444 e. The highest BCUT2D eigenvalue weighted by Crippen LogP contribution is 2.27. The Labute approximate surface area is 227 Å². The predicted molar refractivity (Wildman–Crippen MR) is 141 cm³/mol. The molecule has 0 aromatic heterocycles. The van der Waals surface area contributed by atoms with E-state index in [0.29, 0.717) is 19.4 Å². The van der Waals surface area contributed by atoms with Crippen LogP contribution in [0.3, 0.4) is 0 Å². The number of carbonyl (C=O) groups excluding carboxylic acids is 5. The van der Waals surface area contributed by atoms with E-state index in [4.69, 9.17) is 4.74 Å². The molecule has 0 bridgehead atoms. The quantitative estimate of drug-likeness (QED) is 0.129. The Morgan fingerprint density at radius 3 is 2.26 bits per heavy atom. The molecule has 216 valence electrons. The molecule has 1 aromatic rings. The zero-order valence-electron chi connectivity index (χ0n) is 22.9. The lowest BCUT2D eigenvalue weighted by Gasteiger charge is -2.21. The third-order valence-electron chi connectivity index (χ3n) is 5.22. The summed E-state index contributed by atoms with van der Waals surface area (Å²) in [5.41, 5.74) is -0.743. The maximum absolute atomic E-state index is 12.7. The standard InChI is InChI=1S/C25H38N6O8/c1-16(32)29-18(11-8-9-13-27-24(36)39-25(2,3)4)23(35)28-15-22(34)30-19(14-21(33)26-5)17-10-6-7-12-20(17)31(37)38/h6-7,10,12,18-19H,8-9,11,13-15H2,1-5H3,(H,26,33)(H,27,36)(H,28,35)(H,29,32)(H,30,34)/t18-,19?/m0/s1. The Morgan fingerprint density at radius 1 is 1.00 bits per heavy atom. The third-order valence-corrected chi connectivity index (χ3v) is 5.22. The molecular formula is C25H38N6O8. The molecule has 0 radical (unpaired) electrons. The Morgan fingerprint density at radius 2 is 1.67 bits per heavy atom. The van der Waals surface area contributed by atoms with Gasteiger partial charge in [-0.25, -0.2) is 4.79 Å². The molecule has 39 heavy (non-hydrogen) atoms. The Bertz CT molecular complexity index is 1040. The van der Waals surface area contributed by atoms with Gasteiger partial charge in [-0.05, 0) is 40.0 Å². The normalized spacial score (nSPS) is 12.3. The molecule has 1 aromatic carbocycles. The topological polar surface area (TPSA) is 198 Å². The highest BCUT2D eigenvalue weighted by atomic mass is 16.6. The molecular weight excluding hydrogens is 512 g/mol. The highest BCUT2D eigenvalue weighted by Gasteiger charge is 2.26. The monoisotopic (exact) mass is 550 g/mol. The van der Waals surface area contributed by atoms with E-state index in [1.165, 1.54) is 32.2 Å². The fourth-order valence-corrected chi connectivity index (χ4v) is 3.50. The summed E-state index contributed by atoms with van der Waals surface area (Å²) in [5, 5.41) is 24.0. The van der Waals surface area contributed by atoms with Gasteiger partial charge in [-0.3, -0.25) is 29.3 Å². The van der Waals surface area contributed by atoms with Gasteiger partial charge in [0.1, 0.15) is 11.6 Å². The molecule has 0 fully saturated rings. The number of carbonyl (C=O) groups is 5. The number of nitro benzene ring substituents is 1. The highest BCUT2D eigenvalue weighted by molar-refractivity contribution is 5.90. The fourth-order valence-electron chi connectivity index (χ4n) is 3.50. The first-order valence-corrected chi connectivity index (χ1v) is 12.5. The first kappa shape index (κ1) is 32.8. The minimum Gasteiger partial charge on any atom is -0.444 e. The van der Waals surface area contributed by atoms with E-state index in [-0.39, 0.29) is 24.1 Å². The molecule has 5 amide bonds. The van der Waals surface area contributed by atoms with Crippen molar-refractivity contribution in [3.8, 4) is 0 Å². The van der Waals surface area contributed by atoms with Crippen molar-refractivity contribution in [2.45, 2.75) is 71.1 Å². The van der Waals surface area contributed by atoms with Gasteiger partial charge in [-0.2, -0.15) is 0 Å². The number of nitrogens with one attached hydrogen (secondary N) is 5. The van der Waals surface area contributed by atoms with Gasteiger partial charge in [0.2, 0.25) is 23.6 Å². The summed E-state index contributed by atoms with van der Waals surface area (Å²) in [6.45, 7) is 6.32.